The molecule has 1 saturated heterocycles. The van der Waals surface area contributed by atoms with Crippen molar-refractivity contribution >= 4 is 23.7 Å². The molecule has 9 heteroatoms. The number of carbonyl (C=O) groups excluding carboxylic acids is 2. The summed E-state index contributed by atoms with van der Waals surface area (Å²) in [6, 6.07) is 4.80. The van der Waals surface area contributed by atoms with Gasteiger partial charge in [-0.3, -0.25) is 15.0 Å². The molecule has 0 spiro atoms. The van der Waals surface area contributed by atoms with Gasteiger partial charge in [0.15, 0.2) is 0 Å². The Morgan fingerprint density at radius 3 is 2.39 bits per heavy atom. The maximum Gasteiger partial charge on any atom is 0.407 e. The van der Waals surface area contributed by atoms with Crippen LogP contribution in [0.2, 0.25) is 0 Å². The van der Waals surface area contributed by atoms with Gasteiger partial charge in [-0.2, -0.15) is 0 Å². The van der Waals surface area contributed by atoms with Gasteiger partial charge in [-0.15, -0.1) is 0 Å². The molecule has 0 aromatic heterocycles. The zero-order valence-corrected chi connectivity index (χ0v) is 12.3. The van der Waals surface area contributed by atoms with Crippen molar-refractivity contribution in [1.29, 1.82) is 0 Å². The van der Waals surface area contributed by atoms with Crippen molar-refractivity contribution in [3.8, 4) is 0 Å². The number of nitrogens with zero attached hydrogens (tertiary/aromatic N) is 2. The van der Waals surface area contributed by atoms with Crippen molar-refractivity contribution in [2.75, 3.05) is 38.0 Å². The van der Waals surface area contributed by atoms with Crippen molar-refractivity contribution in [1.82, 2.24) is 15.1 Å². The normalized spacial score (nSPS) is 15.1. The lowest BCUT2D eigenvalue weighted by atomic mass is 10.3. The summed E-state index contributed by atoms with van der Waals surface area (Å²) in [5.41, 5.74) is -0.0205. The minimum absolute atomic E-state index is 0.0205. The number of hydrogen-bond acceptors (Lipinski definition) is 4. The summed E-state index contributed by atoms with van der Waals surface area (Å²) in [5, 5.41) is 13.2. The number of imide groups is 1. The molecule has 1 aliphatic rings. The van der Waals surface area contributed by atoms with Crippen LogP contribution in [0.3, 0.4) is 0 Å². The smallest absolute Gasteiger partial charge is 0.407 e. The second-order valence-electron chi connectivity index (χ2n) is 5.03. The molecule has 2 rings (SSSR count). The average Bonchev–Trinajstić information content (AvgIpc) is 2.50. The summed E-state index contributed by atoms with van der Waals surface area (Å²) in [7, 11) is 0. The lowest BCUT2D eigenvalue weighted by molar-refractivity contribution is -0.121. The summed E-state index contributed by atoms with van der Waals surface area (Å²) in [6.07, 6.45) is -0.988. The van der Waals surface area contributed by atoms with E-state index in [1.165, 1.54) is 23.1 Å². The highest BCUT2D eigenvalue weighted by atomic mass is 19.1. The first kappa shape index (κ1) is 16.7. The van der Waals surface area contributed by atoms with Crippen LogP contribution in [0.5, 0.6) is 0 Å². The minimum Gasteiger partial charge on any atom is -0.465 e. The van der Waals surface area contributed by atoms with E-state index in [4.69, 9.17) is 5.11 Å². The third kappa shape index (κ3) is 4.92. The fraction of sp³-hybridized carbons (Fsp3) is 0.357. The van der Waals surface area contributed by atoms with E-state index in [9.17, 15) is 18.8 Å². The maximum atomic E-state index is 13.4. The number of para-hydroxylation sites is 1. The molecule has 0 unspecified atom stereocenters. The predicted molar refractivity (Wildman–Crippen MR) is 79.6 cm³/mol. The Kier molecular flexibility index (Phi) is 5.47. The Balaban J connectivity index is 1.76. The molecule has 23 heavy (non-hydrogen) atoms. The molecule has 0 aliphatic carbocycles. The Morgan fingerprint density at radius 1 is 1.13 bits per heavy atom. The lowest BCUT2D eigenvalue weighted by Crippen LogP contribution is -2.51. The van der Waals surface area contributed by atoms with E-state index < -0.39 is 23.8 Å². The van der Waals surface area contributed by atoms with Crippen LogP contribution in [0.4, 0.5) is 19.7 Å². The zero-order valence-electron chi connectivity index (χ0n) is 12.3. The molecule has 0 atom stereocenters. The Bertz CT molecular complexity index is 602. The van der Waals surface area contributed by atoms with Crippen LogP contribution < -0.4 is 10.6 Å². The van der Waals surface area contributed by atoms with E-state index in [2.05, 4.69) is 10.6 Å². The molecular weight excluding hydrogens is 307 g/mol. The quantitative estimate of drug-likeness (QED) is 0.762. The van der Waals surface area contributed by atoms with Gasteiger partial charge in [0.2, 0.25) is 5.91 Å². The van der Waals surface area contributed by atoms with Crippen molar-refractivity contribution < 1.29 is 23.9 Å². The Labute approximate surface area is 131 Å². The minimum atomic E-state index is -0.988. The van der Waals surface area contributed by atoms with Crippen molar-refractivity contribution in [2.24, 2.45) is 0 Å². The molecule has 8 nitrogen and oxygen atoms in total. The number of carbonyl (C=O) groups is 3. The first-order chi connectivity index (χ1) is 11.0. The highest BCUT2D eigenvalue weighted by Crippen LogP contribution is 2.11. The van der Waals surface area contributed by atoms with Gasteiger partial charge >= 0.3 is 12.1 Å². The number of nitrogens with one attached hydrogen (secondary N) is 2. The monoisotopic (exact) mass is 324 g/mol. The van der Waals surface area contributed by atoms with E-state index >= 15 is 0 Å². The molecule has 1 aromatic rings. The molecule has 1 aromatic carbocycles. The van der Waals surface area contributed by atoms with E-state index in [0.717, 1.165) is 0 Å². The van der Waals surface area contributed by atoms with E-state index in [-0.39, 0.29) is 12.2 Å². The molecule has 0 radical (unpaired) electrons. The highest BCUT2D eigenvalue weighted by molar-refractivity contribution is 6.01. The van der Waals surface area contributed by atoms with Crippen LogP contribution >= 0.6 is 0 Å². The number of hydrogen-bond donors (Lipinski definition) is 3. The van der Waals surface area contributed by atoms with Crippen molar-refractivity contribution in [3.63, 3.8) is 0 Å². The number of halogens is 1. The molecule has 3 N–H and O–H groups in total. The summed E-state index contributed by atoms with van der Waals surface area (Å²) in [6.45, 7) is 1.41. The number of anilines is 1. The summed E-state index contributed by atoms with van der Waals surface area (Å²) in [5.74, 6) is -1.14. The van der Waals surface area contributed by atoms with Crippen molar-refractivity contribution in [3.05, 3.63) is 30.1 Å². The topological polar surface area (TPSA) is 102 Å². The Hall–Kier alpha value is -2.68. The first-order valence-corrected chi connectivity index (χ1v) is 7.01. The molecule has 4 amide bonds. The van der Waals surface area contributed by atoms with Gasteiger partial charge in [-0.1, -0.05) is 12.1 Å². The number of benzene rings is 1. The Morgan fingerprint density at radius 2 is 1.78 bits per heavy atom. The molecular formula is C14H17FN4O4. The van der Waals surface area contributed by atoms with Crippen LogP contribution in [0.25, 0.3) is 0 Å². The van der Waals surface area contributed by atoms with Gasteiger partial charge in [0.1, 0.15) is 5.82 Å². The van der Waals surface area contributed by atoms with Crippen LogP contribution in [-0.4, -0.2) is 65.7 Å². The zero-order chi connectivity index (χ0) is 16.8. The fourth-order valence-electron chi connectivity index (χ4n) is 2.18. The van der Waals surface area contributed by atoms with Gasteiger partial charge in [0.05, 0.1) is 12.2 Å². The molecule has 0 bridgehead atoms. The maximum absolute atomic E-state index is 13.4. The summed E-state index contributed by atoms with van der Waals surface area (Å²) < 4.78 is 13.4. The van der Waals surface area contributed by atoms with Gasteiger partial charge in [-0.05, 0) is 12.1 Å². The predicted octanol–water partition coefficient (Wildman–Crippen LogP) is 0.769. The second-order valence-corrected chi connectivity index (χ2v) is 5.03. The molecule has 1 heterocycles. The van der Waals surface area contributed by atoms with Gasteiger partial charge in [-0.25, -0.2) is 14.0 Å². The molecule has 124 valence electrons. The molecule has 1 fully saturated rings. The van der Waals surface area contributed by atoms with E-state index in [1.807, 2.05) is 0 Å². The number of urea groups is 1. The van der Waals surface area contributed by atoms with Crippen LogP contribution in [-0.2, 0) is 4.79 Å². The summed E-state index contributed by atoms with van der Waals surface area (Å²) in [4.78, 5) is 37.2. The SMILES string of the molecule is O=C(CN1CCN(C(=O)O)CC1)NC(=O)Nc1ccccc1F. The summed E-state index contributed by atoms with van der Waals surface area (Å²) >= 11 is 0. The number of rotatable bonds is 3. The third-order valence-electron chi connectivity index (χ3n) is 3.39. The van der Waals surface area contributed by atoms with Gasteiger partial charge in [0, 0.05) is 26.2 Å². The number of amides is 4. The third-order valence-corrected chi connectivity index (χ3v) is 3.39. The highest BCUT2D eigenvalue weighted by Gasteiger charge is 2.22. The molecule has 1 aliphatic heterocycles. The average molecular weight is 324 g/mol. The number of piperazine rings is 1. The van der Waals surface area contributed by atoms with Crippen LogP contribution in [0.15, 0.2) is 24.3 Å². The molecule has 0 saturated carbocycles. The van der Waals surface area contributed by atoms with E-state index in [0.29, 0.717) is 26.2 Å². The van der Waals surface area contributed by atoms with Gasteiger partial charge < -0.3 is 15.3 Å². The number of carboxylic acid groups (broad SMARTS) is 1. The lowest BCUT2D eigenvalue weighted by Gasteiger charge is -2.32. The first-order valence-electron chi connectivity index (χ1n) is 7.01. The fourth-order valence-corrected chi connectivity index (χ4v) is 2.18. The van der Waals surface area contributed by atoms with Crippen molar-refractivity contribution in [2.45, 2.75) is 0 Å². The van der Waals surface area contributed by atoms with Crippen LogP contribution in [0, 0.1) is 5.82 Å². The second kappa shape index (κ2) is 7.54. The largest absolute Gasteiger partial charge is 0.465 e. The van der Waals surface area contributed by atoms with Gasteiger partial charge in [0.25, 0.3) is 0 Å². The van der Waals surface area contributed by atoms with Crippen LogP contribution in [0.1, 0.15) is 0 Å². The standard InChI is InChI=1S/C14H17FN4O4/c15-10-3-1-2-4-11(10)16-13(21)17-12(20)9-18-5-7-19(8-6-18)14(22)23/h1-4H,5-9H2,(H,22,23)(H2,16,17,20,21). The van der Waals surface area contributed by atoms with E-state index in [1.54, 1.807) is 11.0 Å².